The first-order chi connectivity index (χ1) is 10.2. The summed E-state index contributed by atoms with van der Waals surface area (Å²) >= 11 is 0. The molecular weight excluding hydrogens is 268 g/mol. The SMILES string of the molecule is COc1ccc(-c2cc(=O)c3ccccc3o2)c(OC)c1. The van der Waals surface area contributed by atoms with Crippen LogP contribution in [0.4, 0.5) is 0 Å². The standard InChI is InChI=1S/C17H14O4/c1-19-11-7-8-13(16(9-11)20-2)17-10-14(18)12-5-3-4-6-15(12)21-17/h3-10H,1-2H3. The predicted molar refractivity (Wildman–Crippen MR) is 81.0 cm³/mol. The lowest BCUT2D eigenvalue weighted by atomic mass is 10.1. The first-order valence-electron chi connectivity index (χ1n) is 6.48. The van der Waals surface area contributed by atoms with E-state index in [1.807, 2.05) is 18.2 Å². The van der Waals surface area contributed by atoms with Gasteiger partial charge in [-0.2, -0.15) is 0 Å². The quantitative estimate of drug-likeness (QED) is 0.738. The largest absolute Gasteiger partial charge is 0.497 e. The van der Waals surface area contributed by atoms with Crippen molar-refractivity contribution in [3.63, 3.8) is 0 Å². The Balaban J connectivity index is 2.23. The van der Waals surface area contributed by atoms with E-state index in [0.717, 1.165) is 0 Å². The van der Waals surface area contributed by atoms with Crippen LogP contribution in [0.5, 0.6) is 11.5 Å². The maximum Gasteiger partial charge on any atom is 0.193 e. The number of methoxy groups -OCH3 is 2. The van der Waals surface area contributed by atoms with Gasteiger partial charge in [0.25, 0.3) is 0 Å². The molecule has 0 aliphatic heterocycles. The summed E-state index contributed by atoms with van der Waals surface area (Å²) in [6.45, 7) is 0. The van der Waals surface area contributed by atoms with Gasteiger partial charge < -0.3 is 13.9 Å². The Labute approximate surface area is 121 Å². The molecule has 0 saturated carbocycles. The van der Waals surface area contributed by atoms with E-state index in [1.54, 1.807) is 38.5 Å². The second kappa shape index (κ2) is 5.32. The molecule has 4 nitrogen and oxygen atoms in total. The first-order valence-corrected chi connectivity index (χ1v) is 6.48. The second-order valence-electron chi connectivity index (χ2n) is 4.54. The molecule has 0 radical (unpaired) electrons. The molecule has 0 fully saturated rings. The van der Waals surface area contributed by atoms with Crippen molar-refractivity contribution in [3.8, 4) is 22.8 Å². The summed E-state index contributed by atoms with van der Waals surface area (Å²) in [5.74, 6) is 1.74. The summed E-state index contributed by atoms with van der Waals surface area (Å²) in [4.78, 5) is 12.2. The zero-order valence-electron chi connectivity index (χ0n) is 11.8. The predicted octanol–water partition coefficient (Wildman–Crippen LogP) is 3.48. The minimum Gasteiger partial charge on any atom is -0.497 e. The number of para-hydroxylation sites is 1. The maximum atomic E-state index is 12.2. The molecule has 21 heavy (non-hydrogen) atoms. The Morgan fingerprint density at radius 3 is 2.52 bits per heavy atom. The van der Waals surface area contributed by atoms with Gasteiger partial charge in [-0.25, -0.2) is 0 Å². The third kappa shape index (κ3) is 2.36. The van der Waals surface area contributed by atoms with E-state index in [4.69, 9.17) is 13.9 Å². The zero-order valence-corrected chi connectivity index (χ0v) is 11.8. The highest BCUT2D eigenvalue weighted by Crippen LogP contribution is 2.33. The van der Waals surface area contributed by atoms with Crippen LogP contribution in [0.1, 0.15) is 0 Å². The van der Waals surface area contributed by atoms with Crippen LogP contribution >= 0.6 is 0 Å². The fourth-order valence-electron chi connectivity index (χ4n) is 2.24. The molecule has 0 unspecified atom stereocenters. The Bertz CT molecular complexity index is 849. The summed E-state index contributed by atoms with van der Waals surface area (Å²) in [6, 6.07) is 14.0. The van der Waals surface area contributed by atoms with Crippen molar-refractivity contribution in [2.45, 2.75) is 0 Å². The van der Waals surface area contributed by atoms with E-state index in [9.17, 15) is 4.79 Å². The van der Waals surface area contributed by atoms with Gasteiger partial charge in [-0.3, -0.25) is 4.79 Å². The van der Waals surface area contributed by atoms with Crippen LogP contribution in [0.15, 0.2) is 57.7 Å². The minimum atomic E-state index is -0.0790. The normalized spacial score (nSPS) is 10.6. The molecule has 3 rings (SSSR count). The smallest absolute Gasteiger partial charge is 0.193 e. The lowest BCUT2D eigenvalue weighted by molar-refractivity contribution is 0.394. The first kappa shape index (κ1) is 13.2. The molecule has 2 aromatic carbocycles. The molecule has 4 heteroatoms. The van der Waals surface area contributed by atoms with Gasteiger partial charge in [-0.15, -0.1) is 0 Å². The van der Waals surface area contributed by atoms with Gasteiger partial charge in [0.15, 0.2) is 5.43 Å². The zero-order chi connectivity index (χ0) is 14.8. The lowest BCUT2D eigenvalue weighted by Crippen LogP contribution is -2.00. The Hall–Kier alpha value is -2.75. The molecule has 3 aromatic rings. The van der Waals surface area contributed by atoms with Crippen molar-refractivity contribution in [1.29, 1.82) is 0 Å². The minimum absolute atomic E-state index is 0.0790. The highest BCUT2D eigenvalue weighted by atomic mass is 16.5. The number of hydrogen-bond donors (Lipinski definition) is 0. The van der Waals surface area contributed by atoms with E-state index in [1.165, 1.54) is 6.07 Å². The molecule has 0 aliphatic carbocycles. The fraction of sp³-hybridized carbons (Fsp3) is 0.118. The lowest BCUT2D eigenvalue weighted by Gasteiger charge is -2.10. The molecule has 0 atom stereocenters. The van der Waals surface area contributed by atoms with Crippen LogP contribution in [-0.4, -0.2) is 14.2 Å². The van der Waals surface area contributed by atoms with Crippen LogP contribution in [-0.2, 0) is 0 Å². The van der Waals surface area contributed by atoms with Crippen LogP contribution in [0.25, 0.3) is 22.3 Å². The van der Waals surface area contributed by atoms with Crippen molar-refractivity contribution < 1.29 is 13.9 Å². The molecule has 0 saturated heterocycles. The van der Waals surface area contributed by atoms with Gasteiger partial charge in [0.05, 0.1) is 25.2 Å². The van der Waals surface area contributed by atoms with Gasteiger partial charge in [0.1, 0.15) is 22.8 Å². The number of benzene rings is 2. The Morgan fingerprint density at radius 2 is 1.76 bits per heavy atom. The number of rotatable bonds is 3. The molecule has 0 amide bonds. The topological polar surface area (TPSA) is 48.7 Å². The van der Waals surface area contributed by atoms with Gasteiger partial charge in [0.2, 0.25) is 0 Å². The molecule has 0 aliphatic rings. The Morgan fingerprint density at radius 1 is 0.952 bits per heavy atom. The van der Waals surface area contributed by atoms with Gasteiger partial charge in [-0.05, 0) is 24.3 Å². The van der Waals surface area contributed by atoms with Crippen molar-refractivity contribution in [2.75, 3.05) is 14.2 Å². The molecule has 1 aromatic heterocycles. The average molecular weight is 282 g/mol. The monoisotopic (exact) mass is 282 g/mol. The van der Waals surface area contributed by atoms with Crippen LogP contribution in [0, 0.1) is 0 Å². The maximum absolute atomic E-state index is 12.2. The van der Waals surface area contributed by atoms with Gasteiger partial charge in [-0.1, -0.05) is 12.1 Å². The van der Waals surface area contributed by atoms with Crippen LogP contribution in [0.2, 0.25) is 0 Å². The molecule has 1 heterocycles. The van der Waals surface area contributed by atoms with Crippen molar-refractivity contribution in [3.05, 3.63) is 58.8 Å². The Kier molecular flexibility index (Phi) is 3.36. The summed E-state index contributed by atoms with van der Waals surface area (Å²) in [7, 11) is 3.15. The summed E-state index contributed by atoms with van der Waals surface area (Å²) < 4.78 is 16.3. The van der Waals surface area contributed by atoms with Crippen LogP contribution < -0.4 is 14.9 Å². The highest BCUT2D eigenvalue weighted by molar-refractivity contribution is 5.79. The van der Waals surface area contributed by atoms with Crippen molar-refractivity contribution >= 4 is 11.0 Å². The van der Waals surface area contributed by atoms with Crippen molar-refractivity contribution in [1.82, 2.24) is 0 Å². The van der Waals surface area contributed by atoms with Crippen molar-refractivity contribution in [2.24, 2.45) is 0 Å². The fourth-order valence-corrected chi connectivity index (χ4v) is 2.24. The molecular formula is C17H14O4. The average Bonchev–Trinajstić information content (AvgIpc) is 2.54. The highest BCUT2D eigenvalue weighted by Gasteiger charge is 2.12. The van der Waals surface area contributed by atoms with Crippen LogP contribution in [0.3, 0.4) is 0 Å². The van der Waals surface area contributed by atoms with E-state index in [2.05, 4.69) is 0 Å². The number of fused-ring (bicyclic) bond motifs is 1. The van der Waals surface area contributed by atoms with Gasteiger partial charge >= 0.3 is 0 Å². The second-order valence-corrected chi connectivity index (χ2v) is 4.54. The third-order valence-corrected chi connectivity index (χ3v) is 3.31. The third-order valence-electron chi connectivity index (χ3n) is 3.31. The molecule has 106 valence electrons. The van der Waals surface area contributed by atoms with E-state index < -0.39 is 0 Å². The number of hydrogen-bond acceptors (Lipinski definition) is 4. The molecule has 0 bridgehead atoms. The van der Waals surface area contributed by atoms with Gasteiger partial charge in [0, 0.05) is 12.1 Å². The molecule has 0 spiro atoms. The summed E-state index contributed by atoms with van der Waals surface area (Å²) in [6.07, 6.45) is 0. The summed E-state index contributed by atoms with van der Waals surface area (Å²) in [5.41, 5.74) is 1.18. The van der Waals surface area contributed by atoms with E-state index >= 15 is 0 Å². The summed E-state index contributed by atoms with van der Waals surface area (Å²) in [5, 5.41) is 0.564. The van der Waals surface area contributed by atoms with E-state index in [0.29, 0.717) is 33.8 Å². The van der Waals surface area contributed by atoms with E-state index in [-0.39, 0.29) is 5.43 Å². The molecule has 0 N–H and O–H groups in total. The number of ether oxygens (including phenoxy) is 2.